The molecule has 2 radical (unpaired) electrons. The van der Waals surface area contributed by atoms with Crippen molar-refractivity contribution in [1.29, 1.82) is 0 Å². The van der Waals surface area contributed by atoms with E-state index in [1.165, 1.54) is 0 Å². The summed E-state index contributed by atoms with van der Waals surface area (Å²) >= 11 is 5.43. The largest absolute Gasteiger partial charge is 0.384 e. The first kappa shape index (κ1) is 19.9. The highest BCUT2D eigenvalue weighted by Crippen LogP contribution is 2.19. The Morgan fingerprint density at radius 1 is 1.26 bits per heavy atom. The van der Waals surface area contributed by atoms with E-state index in [0.717, 1.165) is 12.8 Å². The minimum Gasteiger partial charge on any atom is -0.384 e. The predicted molar refractivity (Wildman–Crippen MR) is 96.1 cm³/mol. The van der Waals surface area contributed by atoms with E-state index in [9.17, 15) is 9.59 Å². The normalized spacial score (nSPS) is 21.7. The highest BCUT2D eigenvalue weighted by atomic mass is 32.1. The third-order valence-corrected chi connectivity index (χ3v) is 4.40. The van der Waals surface area contributed by atoms with Gasteiger partial charge in [0, 0.05) is 6.54 Å². The highest BCUT2D eigenvalue weighted by Gasteiger charge is 2.34. The van der Waals surface area contributed by atoms with Crippen molar-refractivity contribution in [2.45, 2.75) is 64.6 Å². The van der Waals surface area contributed by atoms with E-state index in [1.54, 1.807) is 18.7 Å². The molecule has 0 spiro atoms. The van der Waals surface area contributed by atoms with E-state index >= 15 is 0 Å². The summed E-state index contributed by atoms with van der Waals surface area (Å²) in [4.78, 5) is 26.5. The summed E-state index contributed by atoms with van der Waals surface area (Å²) in [6.07, 6.45) is 1.68. The summed E-state index contributed by atoms with van der Waals surface area (Å²) in [5.41, 5.74) is 5.51. The Morgan fingerprint density at radius 3 is 2.39 bits per heavy atom. The Balaban J connectivity index is 2.68. The zero-order valence-corrected chi connectivity index (χ0v) is 15.2. The summed E-state index contributed by atoms with van der Waals surface area (Å²) in [5, 5.41) is 5.74. The molecule has 2 amide bonds. The van der Waals surface area contributed by atoms with Crippen molar-refractivity contribution in [2.75, 3.05) is 6.54 Å². The maximum atomic E-state index is 12.6. The first-order valence-corrected chi connectivity index (χ1v) is 8.48. The quantitative estimate of drug-likeness (QED) is 0.465. The Bertz CT molecular complexity index is 459. The summed E-state index contributed by atoms with van der Waals surface area (Å²) < 4.78 is 0. The van der Waals surface area contributed by atoms with E-state index in [-0.39, 0.29) is 29.7 Å². The van der Waals surface area contributed by atoms with Crippen LogP contribution in [0.15, 0.2) is 0 Å². The van der Waals surface area contributed by atoms with Crippen LogP contribution in [0.2, 0.25) is 0 Å². The second kappa shape index (κ2) is 8.64. The number of carbonyl (C=O) groups excluding carboxylic acids is 2. The van der Waals surface area contributed by atoms with Crippen molar-refractivity contribution in [3.05, 3.63) is 0 Å². The number of hydrogen-bond donors (Lipinski definition) is 3. The Morgan fingerprint density at radius 2 is 1.87 bits per heavy atom. The molecule has 1 rings (SSSR count). The maximum absolute atomic E-state index is 12.6. The van der Waals surface area contributed by atoms with E-state index in [4.69, 9.17) is 25.8 Å². The topological polar surface area (TPSA) is 87.5 Å². The van der Waals surface area contributed by atoms with Gasteiger partial charge >= 0.3 is 0 Å². The third-order valence-electron chi connectivity index (χ3n) is 4.01. The lowest BCUT2D eigenvalue weighted by Crippen LogP contribution is -2.55. The second-order valence-electron chi connectivity index (χ2n) is 6.49. The van der Waals surface area contributed by atoms with Crippen molar-refractivity contribution in [3.8, 4) is 0 Å². The van der Waals surface area contributed by atoms with Gasteiger partial charge < -0.3 is 21.3 Å². The van der Waals surface area contributed by atoms with Crippen LogP contribution in [0.5, 0.6) is 0 Å². The van der Waals surface area contributed by atoms with Crippen LogP contribution in [0, 0.1) is 5.92 Å². The fourth-order valence-electron chi connectivity index (χ4n) is 2.39. The Kier molecular flexibility index (Phi) is 7.47. The monoisotopic (exact) mass is 338 g/mol. The smallest absolute Gasteiger partial charge is 0.245 e. The van der Waals surface area contributed by atoms with Crippen LogP contribution in [-0.4, -0.2) is 60.2 Å². The molecule has 0 aromatic carbocycles. The molecule has 1 heterocycles. The molecule has 0 aromatic heterocycles. The standard InChI is InChI=1S/C15H27BN4O2S/c1-8(2)12(16)19-14(23)11-6-5-7-20(11)15(22)10(4)18-13(21)9(3)17/h8-12H,5-7,17H2,1-4H3,(H,18,21)(H,19,23). The number of nitrogens with one attached hydrogen (secondary N) is 2. The van der Waals surface area contributed by atoms with Crippen LogP contribution in [0.25, 0.3) is 0 Å². The van der Waals surface area contributed by atoms with Gasteiger partial charge in [0.25, 0.3) is 0 Å². The van der Waals surface area contributed by atoms with Crippen molar-refractivity contribution < 1.29 is 9.59 Å². The zero-order valence-electron chi connectivity index (χ0n) is 14.3. The lowest BCUT2D eigenvalue weighted by atomic mass is 9.86. The van der Waals surface area contributed by atoms with Crippen LogP contribution >= 0.6 is 12.2 Å². The molecule has 1 fully saturated rings. The van der Waals surface area contributed by atoms with E-state index in [2.05, 4.69) is 10.6 Å². The first-order valence-electron chi connectivity index (χ1n) is 8.07. The van der Waals surface area contributed by atoms with Gasteiger partial charge in [0.15, 0.2) is 0 Å². The van der Waals surface area contributed by atoms with Gasteiger partial charge in [-0.3, -0.25) is 9.59 Å². The number of carbonyl (C=O) groups is 2. The molecule has 4 N–H and O–H groups in total. The third kappa shape index (κ3) is 5.46. The molecule has 1 aliphatic heterocycles. The van der Waals surface area contributed by atoms with Crippen LogP contribution in [0.3, 0.4) is 0 Å². The number of nitrogens with zero attached hydrogens (tertiary/aromatic N) is 1. The summed E-state index contributed by atoms with van der Waals surface area (Å²) in [7, 11) is 5.99. The van der Waals surface area contributed by atoms with Gasteiger partial charge in [0.05, 0.1) is 24.9 Å². The van der Waals surface area contributed by atoms with Crippen molar-refractivity contribution in [3.63, 3.8) is 0 Å². The molecule has 128 valence electrons. The van der Waals surface area contributed by atoms with E-state index in [0.29, 0.717) is 11.5 Å². The molecular formula is C15H27BN4O2S. The molecule has 4 atom stereocenters. The van der Waals surface area contributed by atoms with E-state index < -0.39 is 12.1 Å². The van der Waals surface area contributed by atoms with Crippen LogP contribution < -0.4 is 16.4 Å². The van der Waals surface area contributed by atoms with Crippen molar-refractivity contribution in [2.24, 2.45) is 11.7 Å². The van der Waals surface area contributed by atoms with Gasteiger partial charge in [-0.25, -0.2) is 0 Å². The molecule has 8 heteroatoms. The average Bonchev–Trinajstić information content (AvgIpc) is 2.95. The minimum absolute atomic E-state index is 0.149. The van der Waals surface area contributed by atoms with Gasteiger partial charge in [0.1, 0.15) is 6.04 Å². The number of hydrogen-bond acceptors (Lipinski definition) is 4. The maximum Gasteiger partial charge on any atom is 0.245 e. The molecule has 1 saturated heterocycles. The minimum atomic E-state index is -0.647. The van der Waals surface area contributed by atoms with E-state index in [1.807, 2.05) is 13.8 Å². The molecule has 0 aliphatic carbocycles. The number of likely N-dealkylation sites (tertiary alicyclic amines) is 1. The fraction of sp³-hybridized carbons (Fsp3) is 0.800. The molecule has 23 heavy (non-hydrogen) atoms. The molecule has 0 aromatic rings. The fourth-order valence-corrected chi connectivity index (χ4v) is 2.77. The van der Waals surface area contributed by atoms with Gasteiger partial charge in [-0.1, -0.05) is 26.1 Å². The number of nitrogens with two attached hydrogens (primary N) is 1. The van der Waals surface area contributed by atoms with Crippen LogP contribution in [0.1, 0.15) is 40.5 Å². The zero-order chi connectivity index (χ0) is 17.7. The van der Waals surface area contributed by atoms with Gasteiger partial charge in [-0.05, 0) is 38.5 Å². The predicted octanol–water partition coefficient (Wildman–Crippen LogP) is -0.103. The number of amides is 2. The second-order valence-corrected chi connectivity index (χ2v) is 6.93. The Labute approximate surface area is 145 Å². The summed E-state index contributed by atoms with van der Waals surface area (Å²) in [6, 6.07) is -1.45. The average molecular weight is 338 g/mol. The number of thiocarbonyl (C=S) groups is 1. The van der Waals surface area contributed by atoms with Crippen molar-refractivity contribution in [1.82, 2.24) is 15.5 Å². The van der Waals surface area contributed by atoms with Gasteiger partial charge in [-0.15, -0.1) is 0 Å². The van der Waals surface area contributed by atoms with Crippen LogP contribution in [0.4, 0.5) is 0 Å². The lowest BCUT2D eigenvalue weighted by Gasteiger charge is -2.31. The molecular weight excluding hydrogens is 311 g/mol. The van der Waals surface area contributed by atoms with Gasteiger partial charge in [-0.2, -0.15) is 0 Å². The summed E-state index contributed by atoms with van der Waals surface area (Å²) in [5.74, 6) is -0.495. The number of rotatable bonds is 6. The van der Waals surface area contributed by atoms with Gasteiger partial charge in [0.2, 0.25) is 11.8 Å². The lowest BCUT2D eigenvalue weighted by molar-refractivity contribution is -0.136. The molecule has 1 aliphatic rings. The van der Waals surface area contributed by atoms with Crippen molar-refractivity contribution >= 4 is 36.9 Å². The van der Waals surface area contributed by atoms with Crippen LogP contribution in [-0.2, 0) is 9.59 Å². The molecule has 6 nitrogen and oxygen atoms in total. The SMILES string of the molecule is [B]C(NC(=S)C1CCCN1C(=O)C(C)NC(=O)C(C)N)C(C)C. The first-order chi connectivity index (χ1) is 10.6. The highest BCUT2D eigenvalue weighted by molar-refractivity contribution is 7.80. The Hall–Kier alpha value is -1.15. The molecule has 4 unspecified atom stereocenters. The molecule has 0 bridgehead atoms. The molecule has 0 saturated carbocycles. The summed E-state index contributed by atoms with van der Waals surface area (Å²) in [6.45, 7) is 7.87.